The number of ether oxygens (including phenoxy) is 2. The lowest BCUT2D eigenvalue weighted by Crippen LogP contribution is -2.30. The van der Waals surface area contributed by atoms with Gasteiger partial charge in [0.1, 0.15) is 12.7 Å². The van der Waals surface area contributed by atoms with Gasteiger partial charge in [-0.15, -0.1) is 0 Å². The van der Waals surface area contributed by atoms with E-state index in [0.29, 0.717) is 16.8 Å². The number of carbonyl (C=O) groups is 1. The summed E-state index contributed by atoms with van der Waals surface area (Å²) in [6.07, 6.45) is 0.823. The molecule has 0 aliphatic heterocycles. The second kappa shape index (κ2) is 8.14. The molecular formula is C15H14Br2N2O3. The Labute approximate surface area is 145 Å². The van der Waals surface area contributed by atoms with Crippen LogP contribution in [0.5, 0.6) is 5.88 Å². The quantitative estimate of drug-likeness (QED) is 0.759. The van der Waals surface area contributed by atoms with Crippen molar-refractivity contribution in [1.29, 1.82) is 0 Å². The van der Waals surface area contributed by atoms with Crippen LogP contribution in [0, 0.1) is 0 Å². The van der Waals surface area contributed by atoms with E-state index in [1.165, 1.54) is 0 Å². The summed E-state index contributed by atoms with van der Waals surface area (Å²) in [6, 6.07) is 11.5. The van der Waals surface area contributed by atoms with Crippen LogP contribution in [-0.4, -0.2) is 23.8 Å². The molecule has 116 valence electrons. The van der Waals surface area contributed by atoms with Crippen LogP contribution in [0.2, 0.25) is 0 Å². The minimum Gasteiger partial charge on any atom is -0.473 e. The van der Waals surface area contributed by atoms with Gasteiger partial charge in [0.15, 0.2) is 0 Å². The molecule has 0 fully saturated rings. The number of aromatic nitrogens is 1. The van der Waals surface area contributed by atoms with Gasteiger partial charge in [-0.05, 0) is 43.5 Å². The number of rotatable bonds is 6. The van der Waals surface area contributed by atoms with Gasteiger partial charge in [0.25, 0.3) is 0 Å². The van der Waals surface area contributed by atoms with Crippen molar-refractivity contribution in [1.82, 2.24) is 4.98 Å². The number of primary amides is 1. The van der Waals surface area contributed by atoms with Gasteiger partial charge >= 0.3 is 6.09 Å². The Morgan fingerprint density at radius 1 is 1.27 bits per heavy atom. The van der Waals surface area contributed by atoms with E-state index < -0.39 is 12.2 Å². The molecule has 0 unspecified atom stereocenters. The van der Waals surface area contributed by atoms with Gasteiger partial charge in [-0.25, -0.2) is 9.78 Å². The first kappa shape index (κ1) is 16.8. The molecule has 0 saturated carbocycles. The molecule has 2 aromatic rings. The fourth-order valence-corrected chi connectivity index (χ4v) is 2.96. The fourth-order valence-electron chi connectivity index (χ4n) is 1.86. The highest BCUT2D eigenvalue weighted by atomic mass is 79.9. The van der Waals surface area contributed by atoms with Crippen LogP contribution in [0.4, 0.5) is 4.79 Å². The predicted octanol–water partition coefficient (Wildman–Crippen LogP) is 3.69. The molecule has 0 bridgehead atoms. The maximum Gasteiger partial charge on any atom is 0.404 e. The molecule has 1 heterocycles. The van der Waals surface area contributed by atoms with E-state index in [0.717, 1.165) is 10.0 Å². The van der Waals surface area contributed by atoms with Crippen LogP contribution in [-0.2, 0) is 11.2 Å². The summed E-state index contributed by atoms with van der Waals surface area (Å²) in [4.78, 5) is 15.2. The second-order valence-corrected chi connectivity index (χ2v) is 6.27. The lowest BCUT2D eigenvalue weighted by Gasteiger charge is -2.17. The van der Waals surface area contributed by atoms with Crippen molar-refractivity contribution in [2.45, 2.75) is 12.5 Å². The zero-order chi connectivity index (χ0) is 15.9. The minimum absolute atomic E-state index is 0.158. The number of halogens is 2. The number of hydrogen-bond acceptors (Lipinski definition) is 4. The molecule has 22 heavy (non-hydrogen) atoms. The maximum atomic E-state index is 11.0. The zero-order valence-electron chi connectivity index (χ0n) is 11.5. The van der Waals surface area contributed by atoms with E-state index >= 15 is 0 Å². The van der Waals surface area contributed by atoms with Gasteiger partial charge in [-0.3, -0.25) is 0 Å². The van der Waals surface area contributed by atoms with Crippen molar-refractivity contribution < 1.29 is 14.3 Å². The molecule has 0 saturated heterocycles. The van der Waals surface area contributed by atoms with Gasteiger partial charge in [0.05, 0.1) is 4.47 Å². The Balaban J connectivity index is 2.01. The van der Waals surface area contributed by atoms with E-state index in [-0.39, 0.29) is 6.61 Å². The van der Waals surface area contributed by atoms with Gasteiger partial charge in [-0.2, -0.15) is 0 Å². The highest BCUT2D eigenvalue weighted by Gasteiger charge is 2.16. The SMILES string of the molecule is NC(=O)O[C@H](COc1ncc(Br)cc1Br)Cc1ccccc1. The van der Waals surface area contributed by atoms with Crippen molar-refractivity contribution in [3.8, 4) is 5.88 Å². The van der Waals surface area contributed by atoms with Crippen molar-refractivity contribution in [2.75, 3.05) is 6.61 Å². The average molecular weight is 430 g/mol. The molecule has 2 rings (SSSR count). The molecular weight excluding hydrogens is 416 g/mol. The first-order chi connectivity index (χ1) is 10.5. The highest BCUT2D eigenvalue weighted by Crippen LogP contribution is 2.25. The highest BCUT2D eigenvalue weighted by molar-refractivity contribution is 9.11. The summed E-state index contributed by atoms with van der Waals surface area (Å²) in [5.74, 6) is 0.425. The van der Waals surface area contributed by atoms with Crippen LogP contribution >= 0.6 is 31.9 Å². The zero-order valence-corrected chi connectivity index (χ0v) is 14.7. The average Bonchev–Trinajstić information content (AvgIpc) is 2.46. The number of pyridine rings is 1. The Bertz CT molecular complexity index is 638. The van der Waals surface area contributed by atoms with Crippen molar-refractivity contribution in [3.63, 3.8) is 0 Å². The van der Waals surface area contributed by atoms with Crippen molar-refractivity contribution in [3.05, 3.63) is 57.1 Å². The molecule has 2 N–H and O–H groups in total. The molecule has 0 aliphatic rings. The Morgan fingerprint density at radius 2 is 2.00 bits per heavy atom. The number of benzene rings is 1. The smallest absolute Gasteiger partial charge is 0.404 e. The fraction of sp³-hybridized carbons (Fsp3) is 0.200. The summed E-state index contributed by atoms with van der Waals surface area (Å²) in [5.41, 5.74) is 6.15. The van der Waals surface area contributed by atoms with E-state index in [4.69, 9.17) is 15.2 Å². The largest absolute Gasteiger partial charge is 0.473 e. The van der Waals surface area contributed by atoms with E-state index in [9.17, 15) is 4.79 Å². The summed E-state index contributed by atoms with van der Waals surface area (Å²) in [7, 11) is 0. The van der Waals surface area contributed by atoms with Gasteiger partial charge in [-0.1, -0.05) is 30.3 Å². The third-order valence-corrected chi connectivity index (χ3v) is 3.77. The second-order valence-electron chi connectivity index (χ2n) is 4.50. The summed E-state index contributed by atoms with van der Waals surface area (Å²) in [6.45, 7) is 0.158. The summed E-state index contributed by atoms with van der Waals surface area (Å²) in [5, 5.41) is 0. The Kier molecular flexibility index (Phi) is 6.21. The lowest BCUT2D eigenvalue weighted by molar-refractivity contribution is 0.0701. The first-order valence-corrected chi connectivity index (χ1v) is 8.07. The van der Waals surface area contributed by atoms with Gasteiger partial charge in [0, 0.05) is 17.1 Å². The minimum atomic E-state index is -0.827. The third-order valence-electron chi connectivity index (χ3n) is 2.77. The van der Waals surface area contributed by atoms with Crippen molar-refractivity contribution >= 4 is 38.0 Å². The van der Waals surface area contributed by atoms with Crippen LogP contribution in [0.15, 0.2) is 51.5 Å². The standard InChI is InChI=1S/C15H14Br2N2O3/c16-11-7-13(17)14(19-8-11)21-9-12(22-15(18)20)6-10-4-2-1-3-5-10/h1-5,7-8,12H,6,9H2,(H2,18,20)/t12-/m0/s1. The van der Waals surface area contributed by atoms with Gasteiger partial charge < -0.3 is 15.2 Å². The molecule has 1 atom stereocenters. The van der Waals surface area contributed by atoms with Crippen LogP contribution < -0.4 is 10.5 Å². The number of amides is 1. The van der Waals surface area contributed by atoms with Crippen LogP contribution in [0.3, 0.4) is 0 Å². The molecule has 1 aromatic carbocycles. The third kappa shape index (κ3) is 5.31. The number of nitrogens with zero attached hydrogens (tertiary/aromatic N) is 1. The number of nitrogens with two attached hydrogens (primary N) is 1. The molecule has 5 nitrogen and oxygen atoms in total. The van der Waals surface area contributed by atoms with E-state index in [1.807, 2.05) is 36.4 Å². The molecule has 0 radical (unpaired) electrons. The molecule has 0 aliphatic carbocycles. The summed E-state index contributed by atoms with van der Waals surface area (Å²) < 4.78 is 12.3. The molecule has 1 amide bonds. The van der Waals surface area contributed by atoms with E-state index in [1.54, 1.807) is 6.20 Å². The van der Waals surface area contributed by atoms with Crippen molar-refractivity contribution in [2.24, 2.45) is 5.73 Å². The molecule has 7 heteroatoms. The maximum absolute atomic E-state index is 11.0. The lowest BCUT2D eigenvalue weighted by atomic mass is 10.1. The Morgan fingerprint density at radius 3 is 2.64 bits per heavy atom. The number of carbonyl (C=O) groups excluding carboxylic acids is 1. The topological polar surface area (TPSA) is 74.4 Å². The van der Waals surface area contributed by atoms with Crippen LogP contribution in [0.1, 0.15) is 5.56 Å². The predicted molar refractivity (Wildman–Crippen MR) is 89.7 cm³/mol. The molecule has 1 aromatic heterocycles. The molecule has 0 spiro atoms. The number of hydrogen-bond donors (Lipinski definition) is 1. The summed E-state index contributed by atoms with van der Waals surface area (Å²) >= 11 is 6.68. The van der Waals surface area contributed by atoms with E-state index in [2.05, 4.69) is 36.8 Å². The van der Waals surface area contributed by atoms with Crippen LogP contribution in [0.25, 0.3) is 0 Å². The Hall–Kier alpha value is -1.60. The monoisotopic (exact) mass is 428 g/mol. The first-order valence-electron chi connectivity index (χ1n) is 6.48. The normalized spacial score (nSPS) is 11.7. The van der Waals surface area contributed by atoms with Gasteiger partial charge in [0.2, 0.25) is 5.88 Å².